The zero-order chi connectivity index (χ0) is 14.6. The van der Waals surface area contributed by atoms with Gasteiger partial charge in [-0.1, -0.05) is 11.6 Å². The van der Waals surface area contributed by atoms with E-state index in [1.54, 1.807) is 26.0 Å². The molecule has 1 aromatic carbocycles. The van der Waals surface area contributed by atoms with Crippen molar-refractivity contribution < 1.29 is 19.8 Å². The van der Waals surface area contributed by atoms with Crippen molar-refractivity contribution >= 4 is 17.7 Å². The number of aromatic carboxylic acids is 1. The first kappa shape index (κ1) is 15.0. The van der Waals surface area contributed by atoms with Gasteiger partial charge < -0.3 is 20.4 Å². The Morgan fingerprint density at radius 2 is 2.05 bits per heavy atom. The highest BCUT2D eigenvalue weighted by atomic mass is 16.4. The van der Waals surface area contributed by atoms with E-state index in [4.69, 9.17) is 10.2 Å². The summed E-state index contributed by atoms with van der Waals surface area (Å²) >= 11 is 0. The number of nitrogens with one attached hydrogen (secondary N) is 1. The third-order valence-corrected chi connectivity index (χ3v) is 2.89. The Morgan fingerprint density at radius 3 is 2.58 bits per heavy atom. The second kappa shape index (κ2) is 6.19. The molecule has 6 heteroatoms. The van der Waals surface area contributed by atoms with Crippen molar-refractivity contribution in [1.82, 2.24) is 4.90 Å². The Bertz CT molecular complexity index is 488. The number of carbonyl (C=O) groups excluding carboxylic acids is 1. The fourth-order valence-electron chi connectivity index (χ4n) is 1.47. The van der Waals surface area contributed by atoms with E-state index in [1.165, 1.54) is 18.0 Å². The third-order valence-electron chi connectivity index (χ3n) is 2.89. The molecule has 3 N–H and O–H groups in total. The first-order chi connectivity index (χ1) is 8.86. The predicted octanol–water partition coefficient (Wildman–Crippen LogP) is 1.54. The molecule has 2 amide bonds. The van der Waals surface area contributed by atoms with Crippen molar-refractivity contribution in [3.63, 3.8) is 0 Å². The van der Waals surface area contributed by atoms with Crippen LogP contribution in [0.15, 0.2) is 18.2 Å². The first-order valence-corrected chi connectivity index (χ1v) is 5.85. The van der Waals surface area contributed by atoms with Crippen LogP contribution in [0.2, 0.25) is 0 Å². The number of aliphatic hydroxyl groups is 1. The Kier molecular flexibility index (Phi) is 4.88. The van der Waals surface area contributed by atoms with Gasteiger partial charge in [0.25, 0.3) is 0 Å². The number of rotatable bonds is 4. The van der Waals surface area contributed by atoms with Gasteiger partial charge in [-0.3, -0.25) is 0 Å². The van der Waals surface area contributed by atoms with E-state index in [0.29, 0.717) is 0 Å². The van der Waals surface area contributed by atoms with Gasteiger partial charge in [-0.05, 0) is 26.0 Å². The standard InChI is InChI=1S/C13H18N2O4/c1-8-4-5-11(10(6-8)12(17)18)14-13(19)15(3)9(2)7-16/h4-6,9,16H,7H2,1-3H3,(H,14,19)(H,17,18). The van der Waals surface area contributed by atoms with Crippen molar-refractivity contribution in [2.24, 2.45) is 0 Å². The van der Waals surface area contributed by atoms with E-state index < -0.39 is 12.0 Å². The van der Waals surface area contributed by atoms with Crippen LogP contribution in [-0.4, -0.2) is 46.8 Å². The lowest BCUT2D eigenvalue weighted by Gasteiger charge is -2.23. The van der Waals surface area contributed by atoms with Crippen LogP contribution in [0.25, 0.3) is 0 Å². The lowest BCUT2D eigenvalue weighted by atomic mass is 10.1. The van der Waals surface area contributed by atoms with Gasteiger partial charge in [0, 0.05) is 7.05 Å². The molecule has 0 aliphatic heterocycles. The average molecular weight is 266 g/mol. The molecule has 6 nitrogen and oxygen atoms in total. The zero-order valence-electron chi connectivity index (χ0n) is 11.2. The maximum Gasteiger partial charge on any atom is 0.337 e. The summed E-state index contributed by atoms with van der Waals surface area (Å²) in [7, 11) is 1.53. The van der Waals surface area contributed by atoms with Gasteiger partial charge in [0.2, 0.25) is 0 Å². The number of carboxylic acid groups (broad SMARTS) is 1. The van der Waals surface area contributed by atoms with E-state index in [2.05, 4.69) is 5.32 Å². The number of hydrogen-bond donors (Lipinski definition) is 3. The molecule has 0 saturated carbocycles. The number of likely N-dealkylation sites (N-methyl/N-ethyl adjacent to an activating group) is 1. The number of urea groups is 1. The smallest absolute Gasteiger partial charge is 0.337 e. The van der Waals surface area contributed by atoms with E-state index in [1.807, 2.05) is 0 Å². The highest BCUT2D eigenvalue weighted by Gasteiger charge is 2.18. The molecule has 1 atom stereocenters. The number of aryl methyl sites for hydroxylation is 1. The minimum absolute atomic E-state index is 0.0402. The van der Waals surface area contributed by atoms with Crippen molar-refractivity contribution in [2.45, 2.75) is 19.9 Å². The molecule has 104 valence electrons. The summed E-state index contributed by atoms with van der Waals surface area (Å²) in [5.74, 6) is -1.10. The van der Waals surface area contributed by atoms with Gasteiger partial charge in [-0.25, -0.2) is 9.59 Å². The molecule has 0 radical (unpaired) electrons. The van der Waals surface area contributed by atoms with Crippen LogP contribution in [0.5, 0.6) is 0 Å². The molecule has 0 aliphatic carbocycles. The molecule has 1 aromatic rings. The predicted molar refractivity (Wildman–Crippen MR) is 71.5 cm³/mol. The van der Waals surface area contributed by atoms with E-state index >= 15 is 0 Å². The second-order valence-corrected chi connectivity index (χ2v) is 4.43. The van der Waals surface area contributed by atoms with E-state index in [9.17, 15) is 9.59 Å². The van der Waals surface area contributed by atoms with Gasteiger partial charge in [0.05, 0.1) is 23.9 Å². The molecule has 0 aromatic heterocycles. The molecule has 0 fully saturated rings. The minimum Gasteiger partial charge on any atom is -0.478 e. The van der Waals surface area contributed by atoms with Gasteiger partial charge in [0.1, 0.15) is 0 Å². The lowest BCUT2D eigenvalue weighted by molar-refractivity contribution is 0.0698. The van der Waals surface area contributed by atoms with Crippen LogP contribution < -0.4 is 5.32 Å². The minimum atomic E-state index is -1.10. The van der Waals surface area contributed by atoms with Gasteiger partial charge in [0.15, 0.2) is 0 Å². The molecule has 1 rings (SSSR count). The Morgan fingerprint density at radius 1 is 1.42 bits per heavy atom. The van der Waals surface area contributed by atoms with Crippen molar-refractivity contribution in [3.8, 4) is 0 Å². The SMILES string of the molecule is Cc1ccc(NC(=O)N(C)C(C)CO)c(C(=O)O)c1. The number of aliphatic hydroxyl groups excluding tert-OH is 1. The quantitative estimate of drug-likeness (QED) is 0.771. The Balaban J connectivity index is 2.94. The Labute approximate surface area is 111 Å². The average Bonchev–Trinajstić information content (AvgIpc) is 2.38. The molecule has 1 unspecified atom stereocenters. The van der Waals surface area contributed by atoms with Crippen LogP contribution in [0.4, 0.5) is 10.5 Å². The van der Waals surface area contributed by atoms with Crippen LogP contribution in [0.3, 0.4) is 0 Å². The van der Waals surface area contributed by atoms with Crippen molar-refractivity contribution in [1.29, 1.82) is 0 Å². The number of hydrogen-bond acceptors (Lipinski definition) is 3. The van der Waals surface area contributed by atoms with Crippen molar-refractivity contribution in [3.05, 3.63) is 29.3 Å². The van der Waals surface area contributed by atoms with Gasteiger partial charge in [-0.2, -0.15) is 0 Å². The summed E-state index contributed by atoms with van der Waals surface area (Å²) in [6, 6.07) is 3.95. The fourth-order valence-corrected chi connectivity index (χ4v) is 1.47. The van der Waals surface area contributed by atoms with Crippen LogP contribution >= 0.6 is 0 Å². The van der Waals surface area contributed by atoms with E-state index in [-0.39, 0.29) is 23.9 Å². The van der Waals surface area contributed by atoms with Gasteiger partial charge in [-0.15, -0.1) is 0 Å². The lowest BCUT2D eigenvalue weighted by Crippen LogP contribution is -2.40. The maximum absolute atomic E-state index is 11.9. The molecule has 0 saturated heterocycles. The van der Waals surface area contributed by atoms with Crippen LogP contribution in [0.1, 0.15) is 22.8 Å². The van der Waals surface area contributed by atoms with Crippen LogP contribution in [0, 0.1) is 6.92 Å². The Hall–Kier alpha value is -2.08. The molecule has 0 spiro atoms. The summed E-state index contributed by atoms with van der Waals surface area (Å²) in [6.45, 7) is 3.30. The summed E-state index contributed by atoms with van der Waals surface area (Å²) in [6.07, 6.45) is 0. The second-order valence-electron chi connectivity index (χ2n) is 4.43. The van der Waals surface area contributed by atoms with E-state index in [0.717, 1.165) is 5.56 Å². The topological polar surface area (TPSA) is 89.9 Å². The maximum atomic E-state index is 11.9. The summed E-state index contributed by atoms with van der Waals surface area (Å²) in [5.41, 5.74) is 1.07. The van der Waals surface area contributed by atoms with Crippen LogP contribution in [-0.2, 0) is 0 Å². The number of amides is 2. The molecular weight excluding hydrogens is 248 g/mol. The molecule has 19 heavy (non-hydrogen) atoms. The van der Waals surface area contributed by atoms with Crippen molar-refractivity contribution in [2.75, 3.05) is 19.0 Å². The zero-order valence-corrected chi connectivity index (χ0v) is 11.2. The first-order valence-electron chi connectivity index (χ1n) is 5.85. The molecule has 0 bridgehead atoms. The highest BCUT2D eigenvalue weighted by Crippen LogP contribution is 2.18. The van der Waals surface area contributed by atoms with Gasteiger partial charge >= 0.3 is 12.0 Å². The number of carboxylic acids is 1. The summed E-state index contributed by atoms with van der Waals surface area (Å²) in [5, 5.41) is 20.6. The fraction of sp³-hybridized carbons (Fsp3) is 0.385. The summed E-state index contributed by atoms with van der Waals surface area (Å²) < 4.78 is 0. The number of carbonyl (C=O) groups is 2. The largest absolute Gasteiger partial charge is 0.478 e. The number of nitrogens with zero attached hydrogens (tertiary/aromatic N) is 1. The summed E-state index contributed by atoms with van der Waals surface area (Å²) in [4.78, 5) is 24.3. The number of benzene rings is 1. The third kappa shape index (κ3) is 3.69. The molecule has 0 heterocycles. The molecule has 0 aliphatic rings. The number of anilines is 1. The molecular formula is C13H18N2O4. The normalized spacial score (nSPS) is 11.8. The monoisotopic (exact) mass is 266 g/mol. The highest BCUT2D eigenvalue weighted by molar-refractivity contribution is 6.00.